The molecular formula is C15H18F3N5O. The second-order valence-corrected chi connectivity index (χ2v) is 6.00. The van der Waals surface area contributed by atoms with Crippen LogP contribution in [0.5, 0.6) is 0 Å². The first kappa shape index (κ1) is 16.8. The van der Waals surface area contributed by atoms with Gasteiger partial charge in [0.15, 0.2) is 11.4 Å². The number of aryl methyl sites for hydroxylation is 1. The van der Waals surface area contributed by atoms with E-state index in [-0.39, 0.29) is 18.9 Å². The number of rotatable bonds is 5. The average molecular weight is 341 g/mol. The molecule has 2 heterocycles. The molecule has 1 fully saturated rings. The Morgan fingerprint density at radius 3 is 2.46 bits per heavy atom. The van der Waals surface area contributed by atoms with Crippen molar-refractivity contribution in [2.24, 2.45) is 7.05 Å². The van der Waals surface area contributed by atoms with E-state index in [1.165, 1.54) is 0 Å². The summed E-state index contributed by atoms with van der Waals surface area (Å²) < 4.78 is 45.1. The summed E-state index contributed by atoms with van der Waals surface area (Å²) in [4.78, 5) is 8.52. The molecule has 3 rings (SSSR count). The van der Waals surface area contributed by atoms with E-state index in [0.717, 1.165) is 18.2 Å². The average Bonchev–Trinajstić information content (AvgIpc) is 2.92. The Balaban J connectivity index is 1.53. The summed E-state index contributed by atoms with van der Waals surface area (Å²) in [6.45, 7) is 0.412. The monoisotopic (exact) mass is 341 g/mol. The van der Waals surface area contributed by atoms with Gasteiger partial charge in [0.05, 0.1) is 11.8 Å². The van der Waals surface area contributed by atoms with E-state index < -0.39 is 11.8 Å². The zero-order valence-electron chi connectivity index (χ0n) is 13.3. The zero-order chi connectivity index (χ0) is 17.4. The molecule has 1 aliphatic carbocycles. The molecule has 1 aliphatic rings. The molecule has 2 aromatic rings. The van der Waals surface area contributed by atoms with Crippen molar-refractivity contribution < 1.29 is 17.9 Å². The van der Waals surface area contributed by atoms with Crippen molar-refractivity contribution in [1.82, 2.24) is 25.1 Å². The first-order chi connectivity index (χ1) is 11.3. The highest BCUT2D eigenvalue weighted by Gasteiger charge is 2.62. The van der Waals surface area contributed by atoms with E-state index in [9.17, 15) is 13.2 Å². The number of nitrogens with one attached hydrogen (secondary N) is 1. The van der Waals surface area contributed by atoms with Crippen LogP contribution in [-0.2, 0) is 18.3 Å². The van der Waals surface area contributed by atoms with Crippen LogP contribution < -0.4 is 5.32 Å². The van der Waals surface area contributed by atoms with E-state index in [4.69, 9.17) is 0 Å². The normalized spacial score (nSPS) is 24.0. The van der Waals surface area contributed by atoms with Gasteiger partial charge in [0, 0.05) is 63.7 Å². The molecule has 0 aliphatic heterocycles. The molecule has 0 saturated heterocycles. The molecule has 9 heteroatoms. The maximum Gasteiger partial charge on any atom is 0.417 e. The van der Waals surface area contributed by atoms with Crippen LogP contribution in [0.1, 0.15) is 18.4 Å². The lowest BCUT2D eigenvalue weighted by atomic mass is 9.74. The lowest BCUT2D eigenvalue weighted by Crippen LogP contribution is -2.62. The third kappa shape index (κ3) is 3.13. The molecular weight excluding hydrogens is 323 g/mol. The molecule has 0 atom stereocenters. The fraction of sp³-hybridized carbons (Fsp3) is 0.533. The van der Waals surface area contributed by atoms with E-state index in [0.29, 0.717) is 12.4 Å². The van der Waals surface area contributed by atoms with Gasteiger partial charge in [-0.25, -0.2) is 9.97 Å². The summed E-state index contributed by atoms with van der Waals surface area (Å²) in [6, 6.07) is -0.232. The van der Waals surface area contributed by atoms with Crippen LogP contribution in [0.3, 0.4) is 0 Å². The van der Waals surface area contributed by atoms with Gasteiger partial charge in [-0.15, -0.1) is 0 Å². The SMILES string of the molecule is COC1(C(F)(F)F)CC(NCc2cnc(-c3cnn(C)c3)nc2)C1. The lowest BCUT2D eigenvalue weighted by Gasteiger charge is -2.47. The van der Waals surface area contributed by atoms with Gasteiger partial charge in [-0.05, 0) is 0 Å². The van der Waals surface area contributed by atoms with Crippen LogP contribution in [0.2, 0.25) is 0 Å². The summed E-state index contributed by atoms with van der Waals surface area (Å²) in [5.41, 5.74) is -0.388. The lowest BCUT2D eigenvalue weighted by molar-refractivity contribution is -0.301. The summed E-state index contributed by atoms with van der Waals surface area (Å²) in [5.74, 6) is 0.561. The predicted molar refractivity (Wildman–Crippen MR) is 79.9 cm³/mol. The molecule has 0 unspecified atom stereocenters. The van der Waals surface area contributed by atoms with Crippen molar-refractivity contribution >= 4 is 0 Å². The van der Waals surface area contributed by atoms with Crippen LogP contribution in [-0.4, -0.2) is 44.7 Å². The zero-order valence-corrected chi connectivity index (χ0v) is 13.3. The van der Waals surface area contributed by atoms with Crippen molar-refractivity contribution in [3.05, 3.63) is 30.4 Å². The Kier molecular flexibility index (Phi) is 4.31. The third-order valence-corrected chi connectivity index (χ3v) is 4.32. The standard InChI is InChI=1S/C15H18F3N5O/c1-23-9-11(8-22-23)13-20-6-10(7-21-13)5-19-12-3-14(4-12,24-2)15(16,17)18/h6-9,12,19H,3-5H2,1-2H3. The molecule has 0 amide bonds. The summed E-state index contributed by atoms with van der Waals surface area (Å²) in [7, 11) is 2.91. The van der Waals surface area contributed by atoms with Crippen molar-refractivity contribution in [2.75, 3.05) is 7.11 Å². The quantitative estimate of drug-likeness (QED) is 0.902. The van der Waals surface area contributed by atoms with Crippen LogP contribution >= 0.6 is 0 Å². The van der Waals surface area contributed by atoms with Gasteiger partial charge in [0.1, 0.15) is 0 Å². The smallest absolute Gasteiger partial charge is 0.369 e. The minimum Gasteiger partial charge on any atom is -0.369 e. The van der Waals surface area contributed by atoms with E-state index in [1.807, 2.05) is 6.20 Å². The molecule has 2 aromatic heterocycles. The molecule has 130 valence electrons. The van der Waals surface area contributed by atoms with Gasteiger partial charge in [-0.1, -0.05) is 0 Å². The number of alkyl halides is 3. The number of halogens is 3. The Morgan fingerprint density at radius 2 is 1.96 bits per heavy atom. The van der Waals surface area contributed by atoms with Gasteiger partial charge < -0.3 is 10.1 Å². The number of ether oxygens (including phenoxy) is 1. The topological polar surface area (TPSA) is 64.9 Å². The number of aromatic nitrogens is 4. The summed E-state index contributed by atoms with van der Waals surface area (Å²) >= 11 is 0. The molecule has 0 bridgehead atoms. The maximum absolute atomic E-state index is 12.9. The molecule has 0 spiro atoms. The van der Waals surface area contributed by atoms with Crippen molar-refractivity contribution in [2.45, 2.75) is 37.2 Å². The van der Waals surface area contributed by atoms with Gasteiger partial charge in [-0.2, -0.15) is 18.3 Å². The Bertz CT molecular complexity index is 692. The van der Waals surface area contributed by atoms with Crippen molar-refractivity contribution in [3.63, 3.8) is 0 Å². The largest absolute Gasteiger partial charge is 0.417 e. The van der Waals surface area contributed by atoms with Crippen LogP contribution in [0, 0.1) is 0 Å². The number of nitrogens with zero attached hydrogens (tertiary/aromatic N) is 4. The third-order valence-electron chi connectivity index (χ3n) is 4.32. The van der Waals surface area contributed by atoms with Gasteiger partial charge in [0.2, 0.25) is 0 Å². The highest BCUT2D eigenvalue weighted by molar-refractivity contribution is 5.51. The number of hydrogen-bond acceptors (Lipinski definition) is 5. The van der Waals surface area contributed by atoms with Gasteiger partial charge >= 0.3 is 6.18 Å². The molecule has 1 N–H and O–H groups in total. The van der Waals surface area contributed by atoms with Crippen LogP contribution in [0.4, 0.5) is 13.2 Å². The maximum atomic E-state index is 12.9. The Hall–Kier alpha value is -2.00. The number of methoxy groups -OCH3 is 1. The molecule has 1 saturated carbocycles. The minimum absolute atomic E-state index is 0.0817. The highest BCUT2D eigenvalue weighted by atomic mass is 19.4. The fourth-order valence-corrected chi connectivity index (χ4v) is 2.79. The summed E-state index contributed by atoms with van der Waals surface area (Å²) in [6.07, 6.45) is 2.30. The first-order valence-corrected chi connectivity index (χ1v) is 7.48. The minimum atomic E-state index is -4.34. The van der Waals surface area contributed by atoms with E-state index in [2.05, 4.69) is 25.1 Å². The predicted octanol–water partition coefficient (Wildman–Crippen LogP) is 2.08. The van der Waals surface area contributed by atoms with Gasteiger partial charge in [0.25, 0.3) is 0 Å². The molecule has 0 radical (unpaired) electrons. The first-order valence-electron chi connectivity index (χ1n) is 7.48. The second kappa shape index (κ2) is 6.14. The van der Waals surface area contributed by atoms with Crippen LogP contribution in [0.25, 0.3) is 11.4 Å². The number of hydrogen-bond donors (Lipinski definition) is 1. The second-order valence-electron chi connectivity index (χ2n) is 6.00. The Morgan fingerprint density at radius 1 is 1.29 bits per heavy atom. The highest BCUT2D eigenvalue weighted by Crippen LogP contribution is 2.47. The van der Waals surface area contributed by atoms with Crippen LogP contribution in [0.15, 0.2) is 24.8 Å². The van der Waals surface area contributed by atoms with Crippen molar-refractivity contribution in [1.29, 1.82) is 0 Å². The van der Waals surface area contributed by atoms with E-state index in [1.54, 1.807) is 30.3 Å². The van der Waals surface area contributed by atoms with Gasteiger partial charge in [-0.3, -0.25) is 4.68 Å². The molecule has 0 aromatic carbocycles. The summed E-state index contributed by atoms with van der Waals surface area (Å²) in [5, 5.41) is 7.14. The molecule has 24 heavy (non-hydrogen) atoms. The van der Waals surface area contributed by atoms with E-state index >= 15 is 0 Å². The Labute approximate surface area is 137 Å². The van der Waals surface area contributed by atoms with Crippen molar-refractivity contribution in [3.8, 4) is 11.4 Å². The fourth-order valence-electron chi connectivity index (χ4n) is 2.79. The molecule has 6 nitrogen and oxygen atoms in total.